The van der Waals surface area contributed by atoms with E-state index in [1.807, 2.05) is 0 Å². The van der Waals surface area contributed by atoms with E-state index in [1.54, 1.807) is 7.11 Å². The predicted octanol–water partition coefficient (Wildman–Crippen LogP) is 2.71. The van der Waals surface area contributed by atoms with Crippen molar-refractivity contribution >= 4 is 0 Å². The molecule has 0 bridgehead atoms. The molecule has 2 rings (SSSR count). The molecule has 0 radical (unpaired) electrons. The Bertz CT molecular complexity index is 445. The third kappa shape index (κ3) is 4.97. The van der Waals surface area contributed by atoms with E-state index in [2.05, 4.69) is 35.3 Å². The van der Waals surface area contributed by atoms with Crippen molar-refractivity contribution in [3.63, 3.8) is 0 Å². The van der Waals surface area contributed by atoms with Gasteiger partial charge in [-0.25, -0.2) is 0 Å². The molecule has 1 heterocycles. The average Bonchev–Trinajstić information content (AvgIpc) is 2.56. The van der Waals surface area contributed by atoms with Gasteiger partial charge in [0, 0.05) is 24.8 Å². The van der Waals surface area contributed by atoms with Gasteiger partial charge in [0.15, 0.2) is 0 Å². The lowest BCUT2D eigenvalue weighted by molar-refractivity contribution is 0.218. The van der Waals surface area contributed by atoms with E-state index in [0.717, 1.165) is 25.3 Å². The SMILES string of the molecule is COc1ccc(C(C)NCCCO)cc1CN1CCCCC1. The minimum Gasteiger partial charge on any atom is -0.496 e. The molecule has 4 heteroatoms. The topological polar surface area (TPSA) is 44.7 Å². The molecular formula is C18H30N2O2. The highest BCUT2D eigenvalue weighted by Crippen LogP contribution is 2.25. The highest BCUT2D eigenvalue weighted by atomic mass is 16.5. The Balaban J connectivity index is 2.04. The van der Waals surface area contributed by atoms with Gasteiger partial charge in [0.05, 0.1) is 7.11 Å². The molecular weight excluding hydrogens is 276 g/mol. The number of methoxy groups -OCH3 is 1. The molecule has 0 aromatic heterocycles. The van der Waals surface area contributed by atoms with E-state index in [4.69, 9.17) is 9.84 Å². The summed E-state index contributed by atoms with van der Waals surface area (Å²) in [5.41, 5.74) is 2.56. The van der Waals surface area contributed by atoms with Gasteiger partial charge in [-0.05, 0) is 63.5 Å². The highest BCUT2D eigenvalue weighted by molar-refractivity contribution is 5.38. The molecule has 1 aromatic rings. The van der Waals surface area contributed by atoms with Gasteiger partial charge in [0.2, 0.25) is 0 Å². The van der Waals surface area contributed by atoms with Gasteiger partial charge in [0.1, 0.15) is 5.75 Å². The largest absolute Gasteiger partial charge is 0.496 e. The molecule has 1 fully saturated rings. The molecule has 22 heavy (non-hydrogen) atoms. The van der Waals surface area contributed by atoms with Gasteiger partial charge in [0.25, 0.3) is 0 Å². The van der Waals surface area contributed by atoms with Crippen LogP contribution in [0.5, 0.6) is 5.75 Å². The van der Waals surface area contributed by atoms with E-state index < -0.39 is 0 Å². The summed E-state index contributed by atoms with van der Waals surface area (Å²) in [7, 11) is 1.75. The first-order valence-corrected chi connectivity index (χ1v) is 8.48. The number of likely N-dealkylation sites (tertiary alicyclic amines) is 1. The number of benzene rings is 1. The molecule has 2 N–H and O–H groups in total. The van der Waals surface area contributed by atoms with Crippen molar-refractivity contribution in [3.05, 3.63) is 29.3 Å². The van der Waals surface area contributed by atoms with Gasteiger partial charge in [-0.1, -0.05) is 12.5 Å². The molecule has 0 saturated carbocycles. The number of aliphatic hydroxyl groups is 1. The van der Waals surface area contributed by atoms with Gasteiger partial charge >= 0.3 is 0 Å². The molecule has 1 atom stereocenters. The predicted molar refractivity (Wildman–Crippen MR) is 90.2 cm³/mol. The lowest BCUT2D eigenvalue weighted by Crippen LogP contribution is -2.29. The lowest BCUT2D eigenvalue weighted by Gasteiger charge is -2.27. The molecule has 1 unspecified atom stereocenters. The standard InChI is InChI=1S/C18H30N2O2/c1-15(19-9-6-12-21)16-7-8-18(22-2)17(13-16)14-20-10-4-3-5-11-20/h7-8,13,15,19,21H,3-6,9-12,14H2,1-2H3. The van der Waals surface area contributed by atoms with Gasteiger partial charge in [-0.15, -0.1) is 0 Å². The zero-order valence-corrected chi connectivity index (χ0v) is 14.0. The number of hydrogen-bond donors (Lipinski definition) is 2. The Labute approximate surface area is 134 Å². The van der Waals surface area contributed by atoms with E-state index in [0.29, 0.717) is 0 Å². The second-order valence-electron chi connectivity index (χ2n) is 6.16. The summed E-state index contributed by atoms with van der Waals surface area (Å²) in [6.45, 7) is 6.60. The van der Waals surface area contributed by atoms with E-state index in [-0.39, 0.29) is 12.6 Å². The van der Waals surface area contributed by atoms with Crippen LogP contribution in [0.3, 0.4) is 0 Å². The molecule has 0 amide bonds. The number of nitrogens with zero attached hydrogens (tertiary/aromatic N) is 1. The number of rotatable bonds is 8. The fourth-order valence-electron chi connectivity index (χ4n) is 3.07. The molecule has 1 aromatic carbocycles. The first-order chi connectivity index (χ1) is 10.7. The molecule has 0 aliphatic carbocycles. The lowest BCUT2D eigenvalue weighted by atomic mass is 10.0. The van der Waals surface area contributed by atoms with Crippen molar-refractivity contribution in [1.29, 1.82) is 0 Å². The Morgan fingerprint density at radius 2 is 2.05 bits per heavy atom. The summed E-state index contributed by atoms with van der Waals surface area (Å²) in [6, 6.07) is 6.77. The average molecular weight is 306 g/mol. The maximum Gasteiger partial charge on any atom is 0.123 e. The first kappa shape index (κ1) is 17.3. The van der Waals surface area contributed by atoms with Crippen molar-refractivity contribution in [1.82, 2.24) is 10.2 Å². The monoisotopic (exact) mass is 306 g/mol. The fraction of sp³-hybridized carbons (Fsp3) is 0.667. The normalized spacial score (nSPS) is 17.4. The van der Waals surface area contributed by atoms with Gasteiger partial charge in [-0.2, -0.15) is 0 Å². The third-order valence-electron chi connectivity index (χ3n) is 4.43. The van der Waals surface area contributed by atoms with E-state index in [1.165, 1.54) is 43.5 Å². The number of nitrogens with one attached hydrogen (secondary N) is 1. The van der Waals surface area contributed by atoms with Crippen LogP contribution in [0.25, 0.3) is 0 Å². The fourth-order valence-corrected chi connectivity index (χ4v) is 3.07. The maximum atomic E-state index is 8.88. The number of hydrogen-bond acceptors (Lipinski definition) is 4. The molecule has 1 aliphatic heterocycles. The zero-order chi connectivity index (χ0) is 15.8. The second kappa shape index (κ2) is 9.13. The van der Waals surface area contributed by atoms with Crippen LogP contribution in [0, 0.1) is 0 Å². The van der Waals surface area contributed by atoms with Crippen LogP contribution in [-0.4, -0.2) is 43.4 Å². The number of ether oxygens (including phenoxy) is 1. The van der Waals surface area contributed by atoms with Gasteiger partial charge < -0.3 is 15.2 Å². The van der Waals surface area contributed by atoms with Crippen LogP contribution in [0.15, 0.2) is 18.2 Å². The maximum absolute atomic E-state index is 8.88. The quantitative estimate of drug-likeness (QED) is 0.725. The summed E-state index contributed by atoms with van der Waals surface area (Å²) in [6.07, 6.45) is 4.77. The van der Waals surface area contributed by atoms with Crippen molar-refractivity contribution in [2.75, 3.05) is 33.4 Å². The van der Waals surface area contributed by atoms with E-state index >= 15 is 0 Å². The summed E-state index contributed by atoms with van der Waals surface area (Å²) in [4.78, 5) is 2.52. The Hall–Kier alpha value is -1.10. The summed E-state index contributed by atoms with van der Waals surface area (Å²) in [5, 5.41) is 12.3. The van der Waals surface area contributed by atoms with Crippen LogP contribution < -0.4 is 10.1 Å². The van der Waals surface area contributed by atoms with Gasteiger partial charge in [-0.3, -0.25) is 4.90 Å². The van der Waals surface area contributed by atoms with Crippen molar-refractivity contribution in [3.8, 4) is 5.75 Å². The van der Waals surface area contributed by atoms with Crippen LogP contribution >= 0.6 is 0 Å². The Morgan fingerprint density at radius 3 is 2.73 bits per heavy atom. The zero-order valence-electron chi connectivity index (χ0n) is 14.0. The summed E-state index contributed by atoms with van der Waals surface area (Å²) in [5.74, 6) is 0.983. The highest BCUT2D eigenvalue weighted by Gasteiger charge is 2.15. The molecule has 4 nitrogen and oxygen atoms in total. The molecule has 1 saturated heterocycles. The Kier molecular flexibility index (Phi) is 7.16. The number of piperidine rings is 1. The molecule has 124 valence electrons. The van der Waals surface area contributed by atoms with Crippen molar-refractivity contribution in [2.45, 2.75) is 45.2 Å². The van der Waals surface area contributed by atoms with Crippen molar-refractivity contribution < 1.29 is 9.84 Å². The summed E-state index contributed by atoms with van der Waals surface area (Å²) < 4.78 is 5.54. The van der Waals surface area contributed by atoms with E-state index in [9.17, 15) is 0 Å². The molecule has 1 aliphatic rings. The van der Waals surface area contributed by atoms with Crippen molar-refractivity contribution in [2.24, 2.45) is 0 Å². The Morgan fingerprint density at radius 1 is 1.27 bits per heavy atom. The van der Waals surface area contributed by atoms with Crippen LogP contribution in [0.1, 0.15) is 49.8 Å². The third-order valence-corrected chi connectivity index (χ3v) is 4.43. The minimum absolute atomic E-state index is 0.239. The number of aliphatic hydroxyl groups excluding tert-OH is 1. The second-order valence-corrected chi connectivity index (χ2v) is 6.16. The van der Waals surface area contributed by atoms with Crippen LogP contribution in [0.2, 0.25) is 0 Å². The smallest absolute Gasteiger partial charge is 0.123 e. The minimum atomic E-state index is 0.239. The first-order valence-electron chi connectivity index (χ1n) is 8.48. The van der Waals surface area contributed by atoms with Crippen LogP contribution in [-0.2, 0) is 6.54 Å². The summed E-state index contributed by atoms with van der Waals surface area (Å²) >= 11 is 0. The molecule has 0 spiro atoms. The van der Waals surface area contributed by atoms with Crippen LogP contribution in [0.4, 0.5) is 0 Å².